The first kappa shape index (κ1) is 21.1. The van der Waals surface area contributed by atoms with E-state index in [1.165, 1.54) is 11.8 Å². The Bertz CT molecular complexity index is 716. The molecule has 0 spiro atoms. The zero-order valence-corrected chi connectivity index (χ0v) is 17.3. The van der Waals surface area contributed by atoms with Crippen LogP contribution in [0.2, 0.25) is 10.0 Å². The molecule has 1 heterocycles. The van der Waals surface area contributed by atoms with E-state index in [9.17, 15) is 4.79 Å². The van der Waals surface area contributed by atoms with Gasteiger partial charge in [-0.3, -0.25) is 4.79 Å². The van der Waals surface area contributed by atoms with Crippen molar-refractivity contribution in [3.8, 4) is 11.5 Å². The molecule has 142 valence electrons. The molecule has 5 nitrogen and oxygen atoms in total. The van der Waals surface area contributed by atoms with Crippen LogP contribution < -0.4 is 0 Å². The number of unbranched alkanes of at least 4 members (excludes halogenated alkanes) is 2. The Balaban J connectivity index is 1.96. The molecule has 0 radical (unpaired) electrons. The summed E-state index contributed by atoms with van der Waals surface area (Å²) in [5.74, 6) is 0.695. The predicted octanol–water partition coefficient (Wildman–Crippen LogP) is 5.56. The Kier molecular flexibility index (Phi) is 8.75. The second-order valence-electron chi connectivity index (χ2n) is 5.87. The minimum absolute atomic E-state index is 0.0983. The number of carbonyl (C=O) groups excluding carboxylic acids is 1. The van der Waals surface area contributed by atoms with Crippen molar-refractivity contribution in [3.63, 3.8) is 0 Å². The first-order chi connectivity index (χ1) is 12.5. The van der Waals surface area contributed by atoms with E-state index in [2.05, 4.69) is 24.0 Å². The predicted molar refractivity (Wildman–Crippen MR) is 107 cm³/mol. The number of benzene rings is 1. The summed E-state index contributed by atoms with van der Waals surface area (Å²) in [6, 6.07) is 5.07. The van der Waals surface area contributed by atoms with Crippen LogP contribution in [-0.4, -0.2) is 39.8 Å². The number of rotatable bonds is 10. The van der Waals surface area contributed by atoms with Crippen LogP contribution in [0, 0.1) is 0 Å². The molecule has 2 rings (SSSR count). The monoisotopic (exact) mass is 415 g/mol. The van der Waals surface area contributed by atoms with Gasteiger partial charge >= 0.3 is 0 Å². The maximum Gasteiger partial charge on any atom is 0.277 e. The minimum atomic E-state index is 0.0983. The van der Waals surface area contributed by atoms with Gasteiger partial charge in [-0.2, -0.15) is 0 Å². The molecule has 0 unspecified atom stereocenters. The molecule has 1 aromatic heterocycles. The molecule has 0 saturated carbocycles. The van der Waals surface area contributed by atoms with Crippen molar-refractivity contribution in [2.24, 2.45) is 0 Å². The van der Waals surface area contributed by atoms with Gasteiger partial charge in [-0.05, 0) is 31.0 Å². The van der Waals surface area contributed by atoms with Crippen LogP contribution in [0.25, 0.3) is 11.5 Å². The van der Waals surface area contributed by atoms with Gasteiger partial charge in [0.1, 0.15) is 0 Å². The molecule has 0 aliphatic rings. The molecule has 0 saturated heterocycles. The third-order valence-electron chi connectivity index (χ3n) is 3.80. The molecule has 1 aromatic carbocycles. The summed E-state index contributed by atoms with van der Waals surface area (Å²) in [6.45, 7) is 5.84. The van der Waals surface area contributed by atoms with Crippen LogP contribution in [0.3, 0.4) is 0 Å². The highest BCUT2D eigenvalue weighted by Crippen LogP contribution is 2.31. The van der Waals surface area contributed by atoms with E-state index in [1.807, 2.05) is 4.90 Å². The summed E-state index contributed by atoms with van der Waals surface area (Å²) in [5.41, 5.74) is 0.620. The van der Waals surface area contributed by atoms with Crippen molar-refractivity contribution < 1.29 is 9.21 Å². The second-order valence-corrected chi connectivity index (χ2v) is 7.64. The molecule has 0 N–H and O–H groups in total. The molecule has 0 aliphatic carbocycles. The quantitative estimate of drug-likeness (QED) is 0.475. The fraction of sp³-hybridized carbons (Fsp3) is 0.500. The minimum Gasteiger partial charge on any atom is -0.411 e. The van der Waals surface area contributed by atoms with E-state index in [-0.39, 0.29) is 11.7 Å². The van der Waals surface area contributed by atoms with Gasteiger partial charge in [-0.15, -0.1) is 10.2 Å². The number of amides is 1. The number of hydrogen-bond donors (Lipinski definition) is 0. The molecule has 8 heteroatoms. The summed E-state index contributed by atoms with van der Waals surface area (Å²) < 4.78 is 5.63. The van der Waals surface area contributed by atoms with Gasteiger partial charge < -0.3 is 9.32 Å². The summed E-state index contributed by atoms with van der Waals surface area (Å²) in [7, 11) is 0. The summed E-state index contributed by atoms with van der Waals surface area (Å²) in [6.07, 6.45) is 4.16. The van der Waals surface area contributed by atoms with Gasteiger partial charge in [0, 0.05) is 18.1 Å². The number of nitrogens with zero attached hydrogens (tertiary/aromatic N) is 3. The molecule has 0 atom stereocenters. The lowest BCUT2D eigenvalue weighted by atomic mass is 10.2. The highest BCUT2D eigenvalue weighted by Gasteiger charge is 2.17. The van der Waals surface area contributed by atoms with Crippen LogP contribution in [0.4, 0.5) is 0 Å². The SMILES string of the molecule is CCCCN(CCCC)C(=O)CSc1nnc(-c2ccc(Cl)cc2Cl)o1. The molecule has 1 amide bonds. The molecule has 26 heavy (non-hydrogen) atoms. The van der Waals surface area contributed by atoms with Gasteiger partial charge in [0.15, 0.2) is 0 Å². The van der Waals surface area contributed by atoms with Crippen molar-refractivity contribution in [1.82, 2.24) is 15.1 Å². The van der Waals surface area contributed by atoms with Gasteiger partial charge in [0.05, 0.1) is 16.3 Å². The lowest BCUT2D eigenvalue weighted by molar-refractivity contribution is -0.128. The number of aromatic nitrogens is 2. The van der Waals surface area contributed by atoms with E-state index in [0.29, 0.717) is 26.7 Å². The third-order valence-corrected chi connectivity index (χ3v) is 5.15. The van der Waals surface area contributed by atoms with Crippen molar-refractivity contribution in [2.45, 2.75) is 44.8 Å². The van der Waals surface area contributed by atoms with Crippen LogP contribution >= 0.6 is 35.0 Å². The fourth-order valence-electron chi connectivity index (χ4n) is 2.31. The van der Waals surface area contributed by atoms with Gasteiger partial charge in [-0.25, -0.2) is 0 Å². The number of halogens is 2. The molecule has 0 bridgehead atoms. The van der Waals surface area contributed by atoms with Crippen molar-refractivity contribution in [1.29, 1.82) is 0 Å². The van der Waals surface area contributed by atoms with Crippen LogP contribution in [0.15, 0.2) is 27.8 Å². The van der Waals surface area contributed by atoms with E-state index >= 15 is 0 Å². The third kappa shape index (κ3) is 6.18. The average Bonchev–Trinajstić information content (AvgIpc) is 3.08. The maximum absolute atomic E-state index is 12.5. The Hall–Kier alpha value is -1.24. The maximum atomic E-state index is 12.5. The van der Waals surface area contributed by atoms with E-state index in [0.717, 1.165) is 38.8 Å². The van der Waals surface area contributed by atoms with Crippen molar-refractivity contribution in [2.75, 3.05) is 18.8 Å². The lowest BCUT2D eigenvalue weighted by Gasteiger charge is -2.21. The average molecular weight is 416 g/mol. The Morgan fingerprint density at radius 2 is 1.85 bits per heavy atom. The summed E-state index contributed by atoms with van der Waals surface area (Å²) in [4.78, 5) is 14.4. The first-order valence-electron chi connectivity index (χ1n) is 8.74. The highest BCUT2D eigenvalue weighted by atomic mass is 35.5. The number of carbonyl (C=O) groups is 1. The molecule has 0 aliphatic heterocycles. The van der Waals surface area contributed by atoms with Crippen LogP contribution in [-0.2, 0) is 4.79 Å². The molecule has 2 aromatic rings. The summed E-state index contributed by atoms with van der Waals surface area (Å²) >= 11 is 13.3. The molecular formula is C18H23Cl2N3O2S. The number of thioether (sulfide) groups is 1. The number of hydrogen-bond acceptors (Lipinski definition) is 5. The Morgan fingerprint density at radius 3 is 2.46 bits per heavy atom. The lowest BCUT2D eigenvalue weighted by Crippen LogP contribution is -2.34. The van der Waals surface area contributed by atoms with Crippen molar-refractivity contribution >= 4 is 40.9 Å². The first-order valence-corrected chi connectivity index (χ1v) is 10.5. The van der Waals surface area contributed by atoms with Gasteiger partial charge in [0.2, 0.25) is 11.8 Å². The summed E-state index contributed by atoms with van der Waals surface area (Å²) in [5, 5.41) is 9.34. The van der Waals surface area contributed by atoms with E-state index in [1.54, 1.807) is 18.2 Å². The van der Waals surface area contributed by atoms with E-state index < -0.39 is 0 Å². The van der Waals surface area contributed by atoms with Gasteiger partial charge in [0.25, 0.3) is 5.22 Å². The van der Waals surface area contributed by atoms with Gasteiger partial charge in [-0.1, -0.05) is 61.7 Å². The highest BCUT2D eigenvalue weighted by molar-refractivity contribution is 7.99. The van der Waals surface area contributed by atoms with E-state index in [4.69, 9.17) is 27.6 Å². The Labute approximate surface area is 168 Å². The Morgan fingerprint density at radius 1 is 1.15 bits per heavy atom. The molecule has 0 fully saturated rings. The van der Waals surface area contributed by atoms with Crippen LogP contribution in [0.5, 0.6) is 0 Å². The largest absolute Gasteiger partial charge is 0.411 e. The smallest absolute Gasteiger partial charge is 0.277 e. The normalized spacial score (nSPS) is 10.9. The van der Waals surface area contributed by atoms with Crippen LogP contribution in [0.1, 0.15) is 39.5 Å². The van der Waals surface area contributed by atoms with Crippen molar-refractivity contribution in [3.05, 3.63) is 28.2 Å². The standard InChI is InChI=1S/C18H23Cl2N3O2S/c1-3-5-9-23(10-6-4-2)16(24)12-26-18-22-21-17(25-18)14-8-7-13(19)11-15(14)20/h7-8,11H,3-6,9-10,12H2,1-2H3. The zero-order valence-electron chi connectivity index (χ0n) is 15.0. The second kappa shape index (κ2) is 10.8. The topological polar surface area (TPSA) is 59.2 Å². The zero-order chi connectivity index (χ0) is 18.9. The molecular weight excluding hydrogens is 393 g/mol. The fourth-order valence-corrected chi connectivity index (χ4v) is 3.47.